The third kappa shape index (κ3) is 11.8. The van der Waals surface area contributed by atoms with Crippen molar-refractivity contribution < 1.29 is 42.6 Å². The van der Waals surface area contributed by atoms with E-state index in [0.717, 1.165) is 37.2 Å². The summed E-state index contributed by atoms with van der Waals surface area (Å²) in [6.45, 7) is 6.64. The van der Waals surface area contributed by atoms with Crippen molar-refractivity contribution in [1.29, 1.82) is 0 Å². The minimum absolute atomic E-state index is 0. The topological polar surface area (TPSA) is 78.2 Å². The monoisotopic (exact) mass is 451 g/mol. The van der Waals surface area contributed by atoms with Gasteiger partial charge in [0.15, 0.2) is 0 Å². The van der Waals surface area contributed by atoms with Crippen LogP contribution in [0.2, 0.25) is 0 Å². The van der Waals surface area contributed by atoms with Crippen molar-refractivity contribution in [2.75, 3.05) is 25.6 Å². The van der Waals surface area contributed by atoms with Gasteiger partial charge in [0.25, 0.3) is 0 Å². The Balaban J connectivity index is 0.00000119. The molecule has 0 spiro atoms. The van der Waals surface area contributed by atoms with Crippen molar-refractivity contribution >= 4 is 5.82 Å². The minimum Gasteiger partial charge on any atom is -0.668 e. The maximum atomic E-state index is 9.02. The van der Waals surface area contributed by atoms with Crippen LogP contribution in [0.25, 0.3) is 5.73 Å². The third-order valence-electron chi connectivity index (χ3n) is 4.58. The van der Waals surface area contributed by atoms with Gasteiger partial charge in [-0.25, -0.2) is 4.98 Å². The fourth-order valence-electron chi connectivity index (χ4n) is 2.40. The van der Waals surface area contributed by atoms with Crippen LogP contribution in [0.15, 0.2) is 24.5 Å². The van der Waals surface area contributed by atoms with Crippen LogP contribution in [0.1, 0.15) is 63.1 Å². The van der Waals surface area contributed by atoms with Gasteiger partial charge in [-0.2, -0.15) is 0 Å². The molecule has 27 heavy (non-hydrogen) atoms. The van der Waals surface area contributed by atoms with E-state index in [9.17, 15) is 0 Å². The molecule has 151 valence electrons. The van der Waals surface area contributed by atoms with E-state index in [4.69, 9.17) is 15.6 Å². The standard InChI is InChI=1S/C17H28N3O2.C4H8.Y/c1-4-14-8-9-15(20-17(14)19-3)7-5-6-11-22-12-10-16(18)13(2)21;1-2-4-3-1;/h8-9,16,18,21H,2,4-7,10-12H2,1,3H3,(H,19,20);1-4H2;/q-1;;. The molecule has 0 bridgehead atoms. The molecule has 1 radical (unpaired) electrons. The van der Waals surface area contributed by atoms with Crippen molar-refractivity contribution in [1.82, 2.24) is 4.98 Å². The number of hydrogen-bond donors (Lipinski definition) is 2. The summed E-state index contributed by atoms with van der Waals surface area (Å²) in [5, 5.41) is 12.2. The van der Waals surface area contributed by atoms with Gasteiger partial charge in [-0.3, -0.25) is 0 Å². The summed E-state index contributed by atoms with van der Waals surface area (Å²) in [6, 6.07) is 3.60. The number of unbranched alkanes of at least 4 members (excludes halogenated alkanes) is 1. The Labute approximate surface area is 190 Å². The summed E-state index contributed by atoms with van der Waals surface area (Å²) in [6.07, 6.45) is 10.4. The normalized spacial score (nSPS) is 13.4. The zero-order chi connectivity index (χ0) is 19.2. The number of anilines is 1. The summed E-state index contributed by atoms with van der Waals surface area (Å²) < 4.78 is 5.47. The zero-order valence-corrected chi connectivity index (χ0v) is 19.9. The molecule has 1 unspecified atom stereocenters. The van der Waals surface area contributed by atoms with Crippen LogP contribution in [-0.2, 0) is 50.3 Å². The molecule has 1 heterocycles. The molecule has 1 aromatic heterocycles. The number of pyridine rings is 1. The maximum absolute atomic E-state index is 9.02. The van der Waals surface area contributed by atoms with Crippen LogP contribution < -0.4 is 5.32 Å². The van der Waals surface area contributed by atoms with E-state index in [1.807, 2.05) is 7.05 Å². The quantitative estimate of drug-likeness (QED) is 0.346. The molecule has 2 rings (SSSR count). The Morgan fingerprint density at radius 3 is 2.44 bits per heavy atom. The van der Waals surface area contributed by atoms with Crippen LogP contribution in [0, 0.1) is 0 Å². The Hall–Kier alpha value is -0.486. The number of nitrogens with one attached hydrogen (secondary N) is 2. The molecule has 1 aliphatic rings. The molecule has 1 saturated carbocycles. The van der Waals surface area contributed by atoms with Gasteiger partial charge in [0, 0.05) is 58.7 Å². The fraction of sp³-hybridized carbons (Fsp3) is 0.667. The molecule has 0 aliphatic heterocycles. The number of aliphatic hydroxyl groups excluding tert-OH is 1. The van der Waals surface area contributed by atoms with Crippen LogP contribution in [0.3, 0.4) is 0 Å². The fourth-order valence-corrected chi connectivity index (χ4v) is 2.40. The second kappa shape index (κ2) is 16.5. The Kier molecular flexibility index (Phi) is 16.2. The van der Waals surface area contributed by atoms with Gasteiger partial charge >= 0.3 is 0 Å². The van der Waals surface area contributed by atoms with Gasteiger partial charge in [-0.1, -0.05) is 51.3 Å². The molecule has 1 atom stereocenters. The van der Waals surface area contributed by atoms with Crippen molar-refractivity contribution in [3.63, 3.8) is 0 Å². The summed E-state index contributed by atoms with van der Waals surface area (Å²) in [5.41, 5.74) is 9.83. The van der Waals surface area contributed by atoms with Crippen LogP contribution in [0.5, 0.6) is 0 Å². The predicted molar refractivity (Wildman–Crippen MR) is 110 cm³/mol. The SMILES string of the molecule is C1CCC1.C=C(O)C([NH-])CCOCCCCc1ccc(CC)c(NC)n1.[Y]. The summed E-state index contributed by atoms with van der Waals surface area (Å²) in [7, 11) is 1.90. The molecular weight excluding hydrogens is 415 g/mol. The van der Waals surface area contributed by atoms with Crippen LogP contribution >= 0.6 is 0 Å². The second-order valence-corrected chi connectivity index (χ2v) is 6.73. The number of aryl methyl sites for hydroxylation is 2. The van der Waals surface area contributed by atoms with Crippen molar-refractivity contribution in [3.8, 4) is 0 Å². The van der Waals surface area contributed by atoms with Gasteiger partial charge in [0.1, 0.15) is 5.82 Å². The van der Waals surface area contributed by atoms with Gasteiger partial charge in [0.2, 0.25) is 0 Å². The second-order valence-electron chi connectivity index (χ2n) is 6.73. The van der Waals surface area contributed by atoms with Crippen LogP contribution in [0.4, 0.5) is 5.82 Å². The van der Waals surface area contributed by atoms with E-state index in [1.54, 1.807) is 0 Å². The van der Waals surface area contributed by atoms with E-state index in [2.05, 4.69) is 35.9 Å². The van der Waals surface area contributed by atoms with Crippen molar-refractivity contribution in [2.24, 2.45) is 0 Å². The number of aliphatic hydroxyl groups is 1. The zero-order valence-electron chi connectivity index (χ0n) is 17.1. The van der Waals surface area contributed by atoms with Gasteiger partial charge < -0.3 is 20.9 Å². The first-order valence-electron chi connectivity index (χ1n) is 9.91. The Morgan fingerprint density at radius 2 is 1.93 bits per heavy atom. The largest absolute Gasteiger partial charge is 0.668 e. The average molecular weight is 451 g/mol. The molecule has 0 aromatic carbocycles. The van der Waals surface area contributed by atoms with Crippen molar-refractivity contribution in [3.05, 3.63) is 41.5 Å². The molecule has 0 saturated heterocycles. The molecule has 1 aliphatic carbocycles. The number of hydrogen-bond acceptors (Lipinski definition) is 4. The predicted octanol–water partition coefficient (Wildman–Crippen LogP) is 5.47. The van der Waals surface area contributed by atoms with E-state index < -0.39 is 6.04 Å². The number of rotatable bonds is 11. The molecule has 3 N–H and O–H groups in total. The first kappa shape index (κ1) is 26.5. The molecule has 1 aromatic rings. The molecular formula is C21H36N3O2Y-. The molecule has 6 heteroatoms. The van der Waals surface area contributed by atoms with E-state index in [-0.39, 0.29) is 38.5 Å². The number of ether oxygens (including phenoxy) is 1. The van der Waals surface area contributed by atoms with Crippen molar-refractivity contribution in [2.45, 2.75) is 70.8 Å². The molecule has 0 amide bonds. The average Bonchev–Trinajstić information content (AvgIpc) is 2.58. The van der Waals surface area contributed by atoms with Gasteiger partial charge in [-0.15, -0.1) is 0 Å². The third-order valence-corrected chi connectivity index (χ3v) is 4.58. The molecule has 1 fully saturated rings. The number of aromatic nitrogens is 1. The molecule has 5 nitrogen and oxygen atoms in total. The minimum atomic E-state index is -0.638. The first-order chi connectivity index (χ1) is 12.6. The van der Waals surface area contributed by atoms with E-state index in [0.29, 0.717) is 19.6 Å². The Bertz CT molecular complexity index is 518. The van der Waals surface area contributed by atoms with Gasteiger partial charge in [-0.05, 0) is 43.7 Å². The van der Waals surface area contributed by atoms with Crippen LogP contribution in [-0.4, -0.2) is 36.4 Å². The maximum Gasteiger partial charge on any atom is 0.129 e. The van der Waals surface area contributed by atoms with E-state index >= 15 is 0 Å². The summed E-state index contributed by atoms with van der Waals surface area (Å²) in [4.78, 5) is 4.62. The smallest absolute Gasteiger partial charge is 0.129 e. The van der Waals surface area contributed by atoms with Gasteiger partial charge in [0.05, 0.1) is 5.76 Å². The Morgan fingerprint density at radius 1 is 1.26 bits per heavy atom. The first-order valence-corrected chi connectivity index (χ1v) is 9.91. The summed E-state index contributed by atoms with van der Waals surface area (Å²) >= 11 is 0. The number of nitrogens with zero attached hydrogens (tertiary/aromatic N) is 1. The van der Waals surface area contributed by atoms with E-state index in [1.165, 1.54) is 31.2 Å². The summed E-state index contributed by atoms with van der Waals surface area (Å²) in [5.74, 6) is 0.882.